The maximum absolute atomic E-state index is 12.0. The summed E-state index contributed by atoms with van der Waals surface area (Å²) in [6.45, 7) is -0.723. The van der Waals surface area contributed by atoms with Crippen LogP contribution in [0.4, 0.5) is 11.5 Å². The summed E-state index contributed by atoms with van der Waals surface area (Å²) in [5, 5.41) is 24.3. The van der Waals surface area contributed by atoms with E-state index in [-0.39, 0.29) is 16.7 Å². The largest absolute Gasteiger partial charge is 0.387 e. The van der Waals surface area contributed by atoms with E-state index in [1.807, 2.05) is 30.3 Å². The number of fused-ring (bicyclic) bond motifs is 4. The van der Waals surface area contributed by atoms with Gasteiger partial charge in [-0.3, -0.25) is 13.7 Å². The van der Waals surface area contributed by atoms with Gasteiger partial charge < -0.3 is 39.5 Å². The highest BCUT2D eigenvalue weighted by atomic mass is 35.5. The average molecular weight is 624 g/mol. The van der Waals surface area contributed by atoms with Crippen LogP contribution in [-0.4, -0.2) is 75.2 Å². The fourth-order valence-electron chi connectivity index (χ4n) is 5.06. The molecule has 3 unspecified atom stereocenters. The van der Waals surface area contributed by atoms with Gasteiger partial charge in [0.25, 0.3) is 0 Å². The Hall–Kier alpha value is -2.74. The molecule has 2 aliphatic rings. The third-order valence-corrected chi connectivity index (χ3v) is 10.5. The molecule has 4 aromatic rings. The van der Waals surface area contributed by atoms with Gasteiger partial charge in [0.2, 0.25) is 5.28 Å². The molecular formula is C24H24ClN5O9P2. The smallest absolute Gasteiger partial charge is 0.340 e. The summed E-state index contributed by atoms with van der Waals surface area (Å²) in [7, 11) is -9.55. The lowest BCUT2D eigenvalue weighted by atomic mass is 10.1. The molecule has 0 bridgehead atoms. The number of halogens is 1. The zero-order chi connectivity index (χ0) is 29.1. The molecule has 41 heavy (non-hydrogen) atoms. The molecule has 0 amide bonds. The molecule has 216 valence electrons. The van der Waals surface area contributed by atoms with E-state index in [1.54, 1.807) is 0 Å². The zero-order valence-electron chi connectivity index (χ0n) is 21.0. The van der Waals surface area contributed by atoms with Crippen molar-refractivity contribution in [2.45, 2.75) is 31.0 Å². The van der Waals surface area contributed by atoms with Crippen molar-refractivity contribution in [3.63, 3.8) is 0 Å². The number of rotatable bonds is 8. The number of aliphatic hydroxyl groups is 2. The summed E-state index contributed by atoms with van der Waals surface area (Å²) in [5.41, 5.74) is 5.91. The highest BCUT2D eigenvalue weighted by molar-refractivity contribution is 7.70. The van der Waals surface area contributed by atoms with Gasteiger partial charge in [0.1, 0.15) is 18.3 Å². The second kappa shape index (κ2) is 10.5. The number of imidazole rings is 1. The van der Waals surface area contributed by atoms with E-state index in [0.717, 1.165) is 23.2 Å². The van der Waals surface area contributed by atoms with Crippen LogP contribution in [0.5, 0.6) is 0 Å². The fraction of sp³-hybridized carbons (Fsp3) is 0.292. The van der Waals surface area contributed by atoms with Crippen LogP contribution in [0.1, 0.15) is 17.4 Å². The standard InChI is InChI=1S/C24H24ClN5O9P2/c25-24-28-21(27-14-6-5-13-7-12-3-1-2-4-15(12)16(13)8-14)18-22(29-24)30(10-26-18)23-20(32)19(31)17(39-23)9-38-41(36,37)11-40(33,34)35/h1-6,8,10,17,19-20,23,31-32H,7,9,11H2,(H,36,37)(H,27,28,29)(H2,33,34,35)/t17-,19?,20?,23-/m1/s1. The molecule has 0 radical (unpaired) electrons. The number of nitrogens with zero attached hydrogens (tertiary/aromatic N) is 4. The molecule has 1 fully saturated rings. The first-order valence-corrected chi connectivity index (χ1v) is 16.2. The SMILES string of the molecule is O=P(O)(O)CP(=O)(O)OC[C@H]1O[C@@H](n2cnc3c(Nc4ccc5c(c4)-c4ccccc4C5)nc(Cl)nc32)C(O)C1O. The molecule has 14 nitrogen and oxygen atoms in total. The van der Waals surface area contributed by atoms with E-state index < -0.39 is 52.2 Å². The Morgan fingerprint density at radius 2 is 1.80 bits per heavy atom. The molecule has 1 aliphatic heterocycles. The number of hydrogen-bond acceptors (Lipinski definition) is 10. The Kier molecular flexibility index (Phi) is 7.28. The zero-order valence-corrected chi connectivity index (χ0v) is 23.5. The summed E-state index contributed by atoms with van der Waals surface area (Å²) in [6, 6.07) is 14.1. The third-order valence-electron chi connectivity index (χ3n) is 6.87. The van der Waals surface area contributed by atoms with Gasteiger partial charge >= 0.3 is 15.2 Å². The second-order valence-electron chi connectivity index (χ2n) is 9.78. The molecule has 5 atom stereocenters. The minimum atomic E-state index is -4.84. The summed E-state index contributed by atoms with van der Waals surface area (Å²) < 4.78 is 34.9. The summed E-state index contributed by atoms with van der Waals surface area (Å²) in [5.74, 6) is -1.11. The summed E-state index contributed by atoms with van der Waals surface area (Å²) in [6.07, 6.45) is -3.51. The lowest BCUT2D eigenvalue weighted by Crippen LogP contribution is -2.33. The van der Waals surface area contributed by atoms with E-state index >= 15 is 0 Å². The van der Waals surface area contributed by atoms with Crippen LogP contribution in [-0.2, 0) is 24.8 Å². The normalized spacial score (nSPS) is 23.4. The minimum absolute atomic E-state index is 0.125. The molecule has 0 saturated carbocycles. The van der Waals surface area contributed by atoms with Crippen molar-refractivity contribution in [1.29, 1.82) is 0 Å². The van der Waals surface area contributed by atoms with Crippen molar-refractivity contribution in [1.82, 2.24) is 19.5 Å². The number of hydrogen-bond donors (Lipinski definition) is 6. The van der Waals surface area contributed by atoms with Gasteiger partial charge in [-0.2, -0.15) is 9.97 Å². The first-order valence-electron chi connectivity index (χ1n) is 12.3. The van der Waals surface area contributed by atoms with E-state index in [9.17, 15) is 24.2 Å². The molecule has 17 heteroatoms. The van der Waals surface area contributed by atoms with Crippen LogP contribution in [0.2, 0.25) is 5.28 Å². The lowest BCUT2D eigenvalue weighted by molar-refractivity contribution is -0.0483. The third kappa shape index (κ3) is 5.69. The Bertz CT molecular complexity index is 1750. The molecule has 6 rings (SSSR count). The topological polar surface area (TPSA) is 209 Å². The van der Waals surface area contributed by atoms with Crippen LogP contribution in [0.25, 0.3) is 22.3 Å². The Morgan fingerprint density at radius 3 is 2.59 bits per heavy atom. The van der Waals surface area contributed by atoms with Gasteiger partial charge in [-0.25, -0.2) is 4.98 Å². The van der Waals surface area contributed by atoms with E-state index in [2.05, 4.69) is 32.4 Å². The molecule has 6 N–H and O–H groups in total. The molecule has 0 spiro atoms. The summed E-state index contributed by atoms with van der Waals surface area (Å²) >= 11 is 6.23. The molecule has 2 aromatic carbocycles. The fourth-order valence-corrected chi connectivity index (χ4v) is 7.80. The van der Waals surface area contributed by atoms with Crippen molar-refractivity contribution in [3.8, 4) is 11.1 Å². The molecular weight excluding hydrogens is 600 g/mol. The van der Waals surface area contributed by atoms with Crippen molar-refractivity contribution in [2.24, 2.45) is 0 Å². The summed E-state index contributed by atoms with van der Waals surface area (Å²) in [4.78, 5) is 40.5. The second-order valence-corrected chi connectivity index (χ2v) is 14.1. The van der Waals surface area contributed by atoms with Crippen molar-refractivity contribution < 1.29 is 43.3 Å². The van der Waals surface area contributed by atoms with Crippen LogP contribution in [0.3, 0.4) is 0 Å². The molecule has 1 aliphatic carbocycles. The van der Waals surface area contributed by atoms with Crippen LogP contribution < -0.4 is 5.32 Å². The van der Waals surface area contributed by atoms with Crippen LogP contribution in [0, 0.1) is 0 Å². The van der Waals surface area contributed by atoms with Crippen molar-refractivity contribution >= 4 is 49.5 Å². The highest BCUT2D eigenvalue weighted by Gasteiger charge is 2.45. The van der Waals surface area contributed by atoms with Gasteiger partial charge in [-0.1, -0.05) is 30.3 Å². The molecule has 3 heterocycles. The van der Waals surface area contributed by atoms with E-state index in [1.165, 1.54) is 22.0 Å². The first-order chi connectivity index (χ1) is 19.4. The maximum Gasteiger partial charge on any atom is 0.340 e. The van der Waals surface area contributed by atoms with Gasteiger partial charge in [-0.05, 0) is 52.4 Å². The van der Waals surface area contributed by atoms with Gasteiger partial charge in [0.05, 0.1) is 12.9 Å². The number of aromatic nitrogens is 4. The van der Waals surface area contributed by atoms with Crippen molar-refractivity contribution in [2.75, 3.05) is 17.8 Å². The maximum atomic E-state index is 12.0. The van der Waals surface area contributed by atoms with Gasteiger partial charge in [0, 0.05) is 5.69 Å². The van der Waals surface area contributed by atoms with Gasteiger partial charge in [0.15, 0.2) is 29.1 Å². The number of benzene rings is 2. The predicted octanol–water partition coefficient (Wildman–Crippen LogP) is 2.75. The molecule has 2 aromatic heterocycles. The number of anilines is 2. The quantitative estimate of drug-likeness (QED) is 0.109. The lowest BCUT2D eigenvalue weighted by Gasteiger charge is -2.18. The monoisotopic (exact) mass is 623 g/mol. The Labute approximate surface area is 237 Å². The number of ether oxygens (including phenoxy) is 1. The van der Waals surface area contributed by atoms with E-state index in [4.69, 9.17) is 30.6 Å². The number of aliphatic hydroxyl groups excluding tert-OH is 2. The first kappa shape index (κ1) is 28.4. The van der Waals surface area contributed by atoms with Crippen LogP contribution >= 0.6 is 26.8 Å². The Balaban J connectivity index is 1.24. The predicted molar refractivity (Wildman–Crippen MR) is 147 cm³/mol. The van der Waals surface area contributed by atoms with Crippen LogP contribution in [0.15, 0.2) is 48.8 Å². The minimum Gasteiger partial charge on any atom is -0.387 e. The van der Waals surface area contributed by atoms with Crippen molar-refractivity contribution in [3.05, 3.63) is 65.2 Å². The Morgan fingerprint density at radius 1 is 1.05 bits per heavy atom. The van der Waals surface area contributed by atoms with Gasteiger partial charge in [-0.15, -0.1) is 0 Å². The average Bonchev–Trinajstić information content (AvgIpc) is 3.55. The number of nitrogens with one attached hydrogen (secondary N) is 1. The van der Waals surface area contributed by atoms with E-state index in [0.29, 0.717) is 5.52 Å². The highest BCUT2D eigenvalue weighted by Crippen LogP contribution is 2.55. The molecule has 1 saturated heterocycles.